The Morgan fingerprint density at radius 1 is 0.810 bits per heavy atom. The minimum absolute atomic E-state index is 0.197. The zero-order chi connectivity index (χ0) is 15.8. The fourth-order valence-electron chi connectivity index (χ4n) is 2.69. The standard InChI is InChI=1S/C18H39NO2/c1-5-6-7-8-9-10-11-12-13-14-15-19(2)16-18(21-4)17-20-3/h18H,5-17H2,1-4H3. The molecule has 0 bridgehead atoms. The van der Waals surface area contributed by atoms with E-state index in [4.69, 9.17) is 9.47 Å². The van der Waals surface area contributed by atoms with Crippen LogP contribution in [0.4, 0.5) is 0 Å². The average Bonchev–Trinajstić information content (AvgIpc) is 2.48. The monoisotopic (exact) mass is 301 g/mol. The van der Waals surface area contributed by atoms with Crippen LogP contribution < -0.4 is 0 Å². The van der Waals surface area contributed by atoms with Crippen LogP contribution in [0.5, 0.6) is 0 Å². The van der Waals surface area contributed by atoms with Crippen molar-refractivity contribution in [1.82, 2.24) is 4.90 Å². The summed E-state index contributed by atoms with van der Waals surface area (Å²) in [7, 11) is 5.67. The lowest BCUT2D eigenvalue weighted by Gasteiger charge is -2.22. The van der Waals surface area contributed by atoms with Gasteiger partial charge in [-0.3, -0.25) is 0 Å². The van der Waals surface area contributed by atoms with E-state index in [0.717, 1.165) is 6.54 Å². The van der Waals surface area contributed by atoms with Gasteiger partial charge in [-0.1, -0.05) is 64.7 Å². The molecule has 0 aromatic carbocycles. The molecular weight excluding hydrogens is 262 g/mol. The van der Waals surface area contributed by atoms with Gasteiger partial charge in [-0.05, 0) is 20.0 Å². The minimum atomic E-state index is 0.197. The Morgan fingerprint density at radius 3 is 1.81 bits per heavy atom. The number of hydrogen-bond acceptors (Lipinski definition) is 3. The summed E-state index contributed by atoms with van der Waals surface area (Å²) in [6.07, 6.45) is 14.2. The SMILES string of the molecule is CCCCCCCCCCCCN(C)CC(COC)OC. The van der Waals surface area contributed by atoms with Crippen molar-refractivity contribution in [3.63, 3.8) is 0 Å². The van der Waals surface area contributed by atoms with E-state index in [0.29, 0.717) is 6.61 Å². The zero-order valence-corrected chi connectivity index (χ0v) is 15.0. The number of likely N-dealkylation sites (N-methyl/N-ethyl adjacent to an activating group) is 1. The number of methoxy groups -OCH3 is 2. The maximum absolute atomic E-state index is 5.39. The molecule has 3 nitrogen and oxygen atoms in total. The van der Waals surface area contributed by atoms with Crippen molar-refractivity contribution in [3.05, 3.63) is 0 Å². The maximum atomic E-state index is 5.39. The van der Waals surface area contributed by atoms with E-state index < -0.39 is 0 Å². The van der Waals surface area contributed by atoms with Crippen molar-refractivity contribution < 1.29 is 9.47 Å². The van der Waals surface area contributed by atoms with Gasteiger partial charge in [0.15, 0.2) is 0 Å². The van der Waals surface area contributed by atoms with Gasteiger partial charge in [0, 0.05) is 20.8 Å². The summed E-state index contributed by atoms with van der Waals surface area (Å²) in [4.78, 5) is 2.36. The third kappa shape index (κ3) is 14.6. The third-order valence-electron chi connectivity index (χ3n) is 4.09. The van der Waals surface area contributed by atoms with Crippen LogP contribution in [0.15, 0.2) is 0 Å². The van der Waals surface area contributed by atoms with Gasteiger partial charge in [0.2, 0.25) is 0 Å². The Bertz CT molecular complexity index is 200. The van der Waals surface area contributed by atoms with Crippen molar-refractivity contribution in [2.45, 2.75) is 77.2 Å². The summed E-state index contributed by atoms with van der Waals surface area (Å²) in [6, 6.07) is 0. The molecule has 21 heavy (non-hydrogen) atoms. The number of hydrogen-bond donors (Lipinski definition) is 0. The fraction of sp³-hybridized carbons (Fsp3) is 1.00. The lowest BCUT2D eigenvalue weighted by Crippen LogP contribution is -2.34. The minimum Gasteiger partial charge on any atom is -0.382 e. The summed E-state index contributed by atoms with van der Waals surface area (Å²) < 4.78 is 10.5. The molecule has 128 valence electrons. The molecule has 3 heteroatoms. The molecule has 0 amide bonds. The molecule has 0 fully saturated rings. The smallest absolute Gasteiger partial charge is 0.0930 e. The van der Waals surface area contributed by atoms with Crippen LogP contribution >= 0.6 is 0 Å². The first-order valence-corrected chi connectivity index (χ1v) is 8.94. The highest BCUT2D eigenvalue weighted by Gasteiger charge is 2.09. The molecular formula is C18H39NO2. The van der Waals surface area contributed by atoms with Gasteiger partial charge in [-0.2, -0.15) is 0 Å². The quantitative estimate of drug-likeness (QED) is 0.392. The number of ether oxygens (including phenoxy) is 2. The molecule has 0 aliphatic rings. The second-order valence-corrected chi connectivity index (χ2v) is 6.26. The fourth-order valence-corrected chi connectivity index (χ4v) is 2.69. The van der Waals surface area contributed by atoms with Gasteiger partial charge < -0.3 is 14.4 Å². The first-order chi connectivity index (χ1) is 10.2. The highest BCUT2D eigenvalue weighted by molar-refractivity contribution is 4.62. The third-order valence-corrected chi connectivity index (χ3v) is 4.09. The van der Waals surface area contributed by atoms with Gasteiger partial charge in [0.25, 0.3) is 0 Å². The van der Waals surface area contributed by atoms with Gasteiger partial charge in [-0.15, -0.1) is 0 Å². The van der Waals surface area contributed by atoms with Crippen molar-refractivity contribution in [2.75, 3.05) is 41.0 Å². The van der Waals surface area contributed by atoms with Crippen LogP contribution in [-0.2, 0) is 9.47 Å². The second kappa shape index (κ2) is 16.3. The summed E-state index contributed by atoms with van der Waals surface area (Å²) in [5.41, 5.74) is 0. The van der Waals surface area contributed by atoms with Crippen LogP contribution in [0.25, 0.3) is 0 Å². The first kappa shape index (κ1) is 20.9. The van der Waals surface area contributed by atoms with Crippen molar-refractivity contribution in [2.24, 2.45) is 0 Å². The maximum Gasteiger partial charge on any atom is 0.0930 e. The Labute approximate surface area is 133 Å². The highest BCUT2D eigenvalue weighted by Crippen LogP contribution is 2.10. The first-order valence-electron chi connectivity index (χ1n) is 8.94. The Hall–Kier alpha value is -0.120. The number of unbranched alkanes of at least 4 members (excludes halogenated alkanes) is 9. The van der Waals surface area contributed by atoms with Crippen LogP contribution in [0, 0.1) is 0 Å². The van der Waals surface area contributed by atoms with E-state index in [1.165, 1.54) is 70.8 Å². The predicted molar refractivity (Wildman–Crippen MR) is 92.0 cm³/mol. The molecule has 0 N–H and O–H groups in total. The molecule has 0 saturated carbocycles. The van der Waals surface area contributed by atoms with Gasteiger partial charge >= 0.3 is 0 Å². The van der Waals surface area contributed by atoms with Crippen molar-refractivity contribution in [1.29, 1.82) is 0 Å². The molecule has 1 unspecified atom stereocenters. The van der Waals surface area contributed by atoms with Gasteiger partial charge in [0.05, 0.1) is 12.7 Å². The number of nitrogens with zero attached hydrogens (tertiary/aromatic N) is 1. The molecule has 0 radical (unpaired) electrons. The predicted octanol–water partition coefficient (Wildman–Crippen LogP) is 4.50. The highest BCUT2D eigenvalue weighted by atomic mass is 16.5. The average molecular weight is 302 g/mol. The molecule has 0 aromatic rings. The summed E-state index contributed by atoms with van der Waals surface area (Å²) in [6.45, 7) is 5.09. The van der Waals surface area contributed by atoms with Crippen LogP contribution in [0.2, 0.25) is 0 Å². The topological polar surface area (TPSA) is 21.7 Å². The van der Waals surface area contributed by atoms with E-state index in [1.807, 2.05) is 0 Å². The van der Waals surface area contributed by atoms with E-state index in [2.05, 4.69) is 18.9 Å². The molecule has 0 heterocycles. The molecule has 1 atom stereocenters. The summed E-state index contributed by atoms with van der Waals surface area (Å²) in [5.74, 6) is 0. The lowest BCUT2D eigenvalue weighted by molar-refractivity contribution is 0.0103. The van der Waals surface area contributed by atoms with E-state index in [1.54, 1.807) is 14.2 Å². The molecule has 0 rings (SSSR count). The van der Waals surface area contributed by atoms with Crippen LogP contribution in [0.3, 0.4) is 0 Å². The molecule has 0 aromatic heterocycles. The second-order valence-electron chi connectivity index (χ2n) is 6.26. The molecule has 0 spiro atoms. The lowest BCUT2D eigenvalue weighted by atomic mass is 10.1. The normalized spacial score (nSPS) is 13.0. The van der Waals surface area contributed by atoms with E-state index in [-0.39, 0.29) is 6.10 Å². The summed E-state index contributed by atoms with van der Waals surface area (Å²) in [5, 5.41) is 0. The van der Waals surface area contributed by atoms with E-state index >= 15 is 0 Å². The molecule has 0 aliphatic carbocycles. The Morgan fingerprint density at radius 2 is 1.33 bits per heavy atom. The largest absolute Gasteiger partial charge is 0.382 e. The van der Waals surface area contributed by atoms with E-state index in [9.17, 15) is 0 Å². The molecule has 0 saturated heterocycles. The van der Waals surface area contributed by atoms with Crippen LogP contribution in [0.1, 0.15) is 71.1 Å². The van der Waals surface area contributed by atoms with Gasteiger partial charge in [0.1, 0.15) is 0 Å². The molecule has 0 aliphatic heterocycles. The van der Waals surface area contributed by atoms with Crippen LogP contribution in [-0.4, -0.2) is 52.0 Å². The zero-order valence-electron chi connectivity index (χ0n) is 15.0. The van der Waals surface area contributed by atoms with Gasteiger partial charge in [-0.25, -0.2) is 0 Å². The Balaban J connectivity index is 3.30. The number of rotatable bonds is 16. The Kier molecular flexibility index (Phi) is 16.2. The van der Waals surface area contributed by atoms with Crippen molar-refractivity contribution in [3.8, 4) is 0 Å². The van der Waals surface area contributed by atoms with Crippen molar-refractivity contribution >= 4 is 0 Å². The summed E-state index contributed by atoms with van der Waals surface area (Å²) >= 11 is 0.